The van der Waals surface area contributed by atoms with Gasteiger partial charge in [-0.2, -0.15) is 4.39 Å². The van der Waals surface area contributed by atoms with Crippen molar-refractivity contribution in [1.82, 2.24) is 0 Å². The second-order valence-electron chi connectivity index (χ2n) is 2.95. The third-order valence-electron chi connectivity index (χ3n) is 2.08. The van der Waals surface area contributed by atoms with E-state index >= 15 is 0 Å². The van der Waals surface area contributed by atoms with E-state index < -0.39 is 5.95 Å². The molecule has 0 aliphatic carbocycles. The van der Waals surface area contributed by atoms with Gasteiger partial charge in [-0.05, 0) is 38.8 Å². The smallest absolute Gasteiger partial charge is 0.218 e. The van der Waals surface area contributed by atoms with Gasteiger partial charge in [-0.3, -0.25) is 0 Å². The van der Waals surface area contributed by atoms with E-state index in [2.05, 4.69) is 10.7 Å². The lowest BCUT2D eigenvalue weighted by molar-refractivity contribution is 0.630. The quantitative estimate of drug-likeness (QED) is 0.386. The van der Waals surface area contributed by atoms with Crippen LogP contribution in [-0.4, -0.2) is 5.71 Å². The van der Waals surface area contributed by atoms with E-state index in [1.807, 2.05) is 20.8 Å². The van der Waals surface area contributed by atoms with Crippen molar-refractivity contribution < 1.29 is 4.39 Å². The summed E-state index contributed by atoms with van der Waals surface area (Å²) in [7, 11) is 0. The first-order chi connectivity index (χ1) is 5.61. The van der Waals surface area contributed by atoms with Crippen LogP contribution in [0.5, 0.6) is 0 Å². The van der Waals surface area contributed by atoms with Crippen LogP contribution in [0.2, 0.25) is 0 Å². The molecule has 0 saturated carbocycles. The molecule has 0 atom stereocenters. The minimum atomic E-state index is -0.528. The van der Waals surface area contributed by atoms with Crippen LogP contribution in [0.4, 0.5) is 4.39 Å². The minimum absolute atomic E-state index is 0.528. The Morgan fingerprint density at radius 3 is 2.75 bits per heavy atom. The Labute approximate surface area is 72.0 Å². The summed E-state index contributed by atoms with van der Waals surface area (Å²) in [5.41, 5.74) is 5.50. The van der Waals surface area contributed by atoms with Crippen LogP contribution in [0, 0.1) is 0 Å². The third-order valence-corrected chi connectivity index (χ3v) is 2.08. The minimum Gasteiger partial charge on any atom is -0.218 e. The lowest BCUT2D eigenvalue weighted by Crippen LogP contribution is -1.97. The van der Waals surface area contributed by atoms with Crippen molar-refractivity contribution in [3.05, 3.63) is 28.9 Å². The molecule has 1 aliphatic rings. The molecule has 12 heavy (non-hydrogen) atoms. The standard InChI is InChI=1S/C10H12FN/c1-7-5-4-6-10(11)12-9(3)8(7)2/h4H,5H2,1-3H3/b8-7-,12-9-. The molecule has 0 bridgehead atoms. The van der Waals surface area contributed by atoms with Crippen LogP contribution in [0.3, 0.4) is 0 Å². The monoisotopic (exact) mass is 165 g/mol. The van der Waals surface area contributed by atoms with E-state index in [4.69, 9.17) is 0 Å². The molecule has 2 heteroatoms. The summed E-state index contributed by atoms with van der Waals surface area (Å²) < 4.78 is 12.7. The molecule has 0 aromatic heterocycles. The van der Waals surface area contributed by atoms with E-state index in [1.54, 1.807) is 6.08 Å². The Hall–Kier alpha value is -1.14. The van der Waals surface area contributed by atoms with E-state index in [9.17, 15) is 4.39 Å². The van der Waals surface area contributed by atoms with Gasteiger partial charge in [-0.1, -0.05) is 11.3 Å². The van der Waals surface area contributed by atoms with Gasteiger partial charge >= 0.3 is 0 Å². The van der Waals surface area contributed by atoms with Crippen molar-refractivity contribution in [2.24, 2.45) is 4.99 Å². The van der Waals surface area contributed by atoms with E-state index in [1.165, 1.54) is 5.57 Å². The third kappa shape index (κ3) is 1.93. The highest BCUT2D eigenvalue weighted by Gasteiger charge is 2.02. The summed E-state index contributed by atoms with van der Waals surface area (Å²) in [4.78, 5) is 3.73. The molecule has 1 rings (SSSR count). The largest absolute Gasteiger partial charge is 0.256 e. The Morgan fingerprint density at radius 2 is 2.08 bits per heavy atom. The van der Waals surface area contributed by atoms with Crippen LogP contribution < -0.4 is 0 Å². The number of nitrogens with zero attached hydrogens (tertiary/aromatic N) is 1. The fourth-order valence-electron chi connectivity index (χ4n) is 1.01. The van der Waals surface area contributed by atoms with Crippen molar-refractivity contribution in [2.45, 2.75) is 27.2 Å². The lowest BCUT2D eigenvalue weighted by Gasteiger charge is -2.05. The molecule has 0 spiro atoms. The fraction of sp³-hybridized carbons (Fsp3) is 0.400. The maximum Gasteiger partial charge on any atom is 0.256 e. The van der Waals surface area contributed by atoms with Crippen molar-refractivity contribution in [2.75, 3.05) is 0 Å². The van der Waals surface area contributed by atoms with Crippen molar-refractivity contribution >= 4 is 5.71 Å². The number of hydrogen-bond acceptors (Lipinski definition) is 1. The summed E-state index contributed by atoms with van der Waals surface area (Å²) in [6.45, 7) is 5.79. The molecule has 0 aromatic rings. The molecule has 0 radical (unpaired) electrons. The Bertz CT molecular complexity index is 315. The molecule has 0 unspecified atom stereocenters. The molecule has 1 heterocycles. The van der Waals surface area contributed by atoms with E-state index in [-0.39, 0.29) is 0 Å². The average molecular weight is 165 g/mol. The number of halogens is 1. The molecule has 0 saturated heterocycles. The van der Waals surface area contributed by atoms with Crippen molar-refractivity contribution in [3.63, 3.8) is 0 Å². The second-order valence-corrected chi connectivity index (χ2v) is 2.95. The maximum absolute atomic E-state index is 12.7. The second kappa shape index (κ2) is 3.51. The number of rotatable bonds is 0. The summed E-state index contributed by atoms with van der Waals surface area (Å²) in [5.74, 6) is -0.528. The average Bonchev–Trinajstić information content (AvgIpc) is 2.01. The zero-order valence-corrected chi connectivity index (χ0v) is 7.61. The highest BCUT2D eigenvalue weighted by atomic mass is 19.1. The van der Waals surface area contributed by atoms with E-state index in [0.717, 1.165) is 17.7 Å². The van der Waals surface area contributed by atoms with Crippen LogP contribution in [0.25, 0.3) is 0 Å². The molecular formula is C10H12FN. The summed E-state index contributed by atoms with van der Waals surface area (Å²) in [6.07, 6.45) is 2.43. The van der Waals surface area contributed by atoms with Gasteiger partial charge < -0.3 is 0 Å². The Kier molecular flexibility index (Phi) is 2.61. The van der Waals surface area contributed by atoms with Gasteiger partial charge in [0.25, 0.3) is 5.95 Å². The number of allylic oxidation sites excluding steroid dienone is 3. The van der Waals surface area contributed by atoms with Crippen LogP contribution in [-0.2, 0) is 0 Å². The van der Waals surface area contributed by atoms with Gasteiger partial charge in [-0.25, -0.2) is 4.99 Å². The molecule has 0 amide bonds. The van der Waals surface area contributed by atoms with Crippen LogP contribution >= 0.6 is 0 Å². The van der Waals surface area contributed by atoms with E-state index in [0.29, 0.717) is 0 Å². The summed E-state index contributed by atoms with van der Waals surface area (Å²) in [6, 6.07) is 0. The summed E-state index contributed by atoms with van der Waals surface area (Å²) >= 11 is 0. The SMILES string of the molecule is CC1=N/C(F)=C=CC/C(C)=C\1C. The highest BCUT2D eigenvalue weighted by molar-refractivity contribution is 5.98. The number of aliphatic imine (C=N–C) groups is 1. The Morgan fingerprint density at radius 1 is 1.42 bits per heavy atom. The van der Waals surface area contributed by atoms with Gasteiger partial charge in [0.1, 0.15) is 0 Å². The molecule has 64 valence electrons. The van der Waals surface area contributed by atoms with Gasteiger partial charge in [0.2, 0.25) is 0 Å². The molecule has 0 aromatic carbocycles. The molecular weight excluding hydrogens is 153 g/mol. The molecule has 1 aliphatic heterocycles. The zero-order chi connectivity index (χ0) is 9.14. The van der Waals surface area contributed by atoms with Gasteiger partial charge in [0, 0.05) is 5.71 Å². The zero-order valence-electron chi connectivity index (χ0n) is 7.61. The van der Waals surface area contributed by atoms with Gasteiger partial charge in [-0.15, -0.1) is 0 Å². The van der Waals surface area contributed by atoms with Crippen molar-refractivity contribution in [1.29, 1.82) is 0 Å². The topological polar surface area (TPSA) is 12.4 Å². The maximum atomic E-state index is 12.7. The highest BCUT2D eigenvalue weighted by Crippen LogP contribution is 2.14. The Balaban J connectivity index is 3.15. The number of hydrogen-bond donors (Lipinski definition) is 0. The predicted octanol–water partition coefficient (Wildman–Crippen LogP) is 3.15. The first-order valence-corrected chi connectivity index (χ1v) is 3.94. The molecule has 1 nitrogen and oxygen atoms in total. The van der Waals surface area contributed by atoms with Crippen LogP contribution in [0.1, 0.15) is 27.2 Å². The first-order valence-electron chi connectivity index (χ1n) is 3.94. The normalized spacial score (nSPS) is 28.7. The lowest BCUT2D eigenvalue weighted by atomic mass is 10.0. The van der Waals surface area contributed by atoms with Crippen molar-refractivity contribution in [3.8, 4) is 0 Å². The molecule has 0 fully saturated rings. The van der Waals surface area contributed by atoms with Gasteiger partial charge in [0.05, 0.1) is 0 Å². The fourth-order valence-corrected chi connectivity index (χ4v) is 1.01. The van der Waals surface area contributed by atoms with Crippen LogP contribution in [0.15, 0.2) is 33.9 Å². The predicted molar refractivity (Wildman–Crippen MR) is 48.8 cm³/mol. The molecule has 0 N–H and O–H groups in total. The first kappa shape index (κ1) is 8.95. The van der Waals surface area contributed by atoms with Gasteiger partial charge in [0.15, 0.2) is 0 Å². The summed E-state index contributed by atoms with van der Waals surface area (Å²) in [5, 5.41) is 0.